The number of benzene rings is 1. The molecular weight excluding hydrogens is 222 g/mol. The Hall–Kier alpha value is -2.56. The van der Waals surface area contributed by atoms with E-state index in [0.717, 1.165) is 0 Å². The minimum atomic E-state index is -1.33. The largest absolute Gasteiger partial charge is 0.507 e. The fraction of sp³-hybridized carbons (Fsp3) is 0. The number of carboxylic acids is 1. The van der Waals surface area contributed by atoms with Crippen LogP contribution in [-0.2, 0) is 0 Å². The Kier molecular flexibility index (Phi) is 2.66. The standard InChI is InChI=1S/C12H9NO4/c14-9-4-2-1-3-7(9)8-5-6-13-11(15)10(8)12(16)17/h1-6,14H,(H,13,15)(H,16,17). The average Bonchev–Trinajstić information content (AvgIpc) is 2.28. The summed E-state index contributed by atoms with van der Waals surface area (Å²) in [7, 11) is 0. The van der Waals surface area contributed by atoms with Gasteiger partial charge in [0.15, 0.2) is 0 Å². The van der Waals surface area contributed by atoms with Gasteiger partial charge in [0.05, 0.1) is 0 Å². The van der Waals surface area contributed by atoms with Gasteiger partial charge in [-0.05, 0) is 12.1 Å². The molecule has 86 valence electrons. The molecule has 0 radical (unpaired) electrons. The number of aromatic amines is 1. The molecule has 5 nitrogen and oxygen atoms in total. The molecule has 0 amide bonds. The maximum atomic E-state index is 11.4. The van der Waals surface area contributed by atoms with Gasteiger partial charge in [-0.15, -0.1) is 0 Å². The molecule has 0 fully saturated rings. The average molecular weight is 231 g/mol. The summed E-state index contributed by atoms with van der Waals surface area (Å²) in [5, 5.41) is 18.7. The van der Waals surface area contributed by atoms with E-state index in [2.05, 4.69) is 4.98 Å². The number of aromatic hydroxyl groups is 1. The van der Waals surface area contributed by atoms with Crippen molar-refractivity contribution in [3.05, 3.63) is 52.4 Å². The molecule has 1 heterocycles. The lowest BCUT2D eigenvalue weighted by molar-refractivity contribution is 0.0696. The molecule has 0 saturated carbocycles. The van der Waals surface area contributed by atoms with Gasteiger partial charge < -0.3 is 15.2 Å². The zero-order chi connectivity index (χ0) is 12.4. The van der Waals surface area contributed by atoms with Gasteiger partial charge in [0.25, 0.3) is 5.56 Å². The topological polar surface area (TPSA) is 90.4 Å². The summed E-state index contributed by atoms with van der Waals surface area (Å²) in [6, 6.07) is 7.70. The highest BCUT2D eigenvalue weighted by atomic mass is 16.4. The zero-order valence-corrected chi connectivity index (χ0v) is 8.68. The van der Waals surface area contributed by atoms with Crippen LogP contribution in [-0.4, -0.2) is 21.2 Å². The first-order chi connectivity index (χ1) is 8.11. The van der Waals surface area contributed by atoms with E-state index in [-0.39, 0.29) is 16.9 Å². The third kappa shape index (κ3) is 1.90. The van der Waals surface area contributed by atoms with E-state index in [1.165, 1.54) is 18.3 Å². The van der Waals surface area contributed by atoms with Crippen LogP contribution in [0.25, 0.3) is 11.1 Å². The second-order valence-electron chi connectivity index (χ2n) is 3.42. The van der Waals surface area contributed by atoms with Crippen molar-refractivity contribution in [2.75, 3.05) is 0 Å². The zero-order valence-electron chi connectivity index (χ0n) is 8.68. The quantitative estimate of drug-likeness (QED) is 0.729. The van der Waals surface area contributed by atoms with Gasteiger partial charge in [0.2, 0.25) is 0 Å². The number of aromatic carboxylic acids is 1. The molecule has 0 spiro atoms. The molecule has 17 heavy (non-hydrogen) atoms. The van der Waals surface area contributed by atoms with Gasteiger partial charge in [0, 0.05) is 17.3 Å². The van der Waals surface area contributed by atoms with Crippen LogP contribution in [0, 0.1) is 0 Å². The summed E-state index contributed by atoms with van der Waals surface area (Å²) in [5.41, 5.74) is -0.567. The maximum Gasteiger partial charge on any atom is 0.341 e. The Morgan fingerprint density at radius 1 is 1.12 bits per heavy atom. The molecule has 0 atom stereocenters. The number of rotatable bonds is 2. The van der Waals surface area contributed by atoms with E-state index in [4.69, 9.17) is 5.11 Å². The van der Waals surface area contributed by atoms with Crippen LogP contribution in [0.15, 0.2) is 41.3 Å². The Balaban J connectivity index is 2.77. The molecule has 3 N–H and O–H groups in total. The second-order valence-corrected chi connectivity index (χ2v) is 3.42. The number of nitrogens with one attached hydrogen (secondary N) is 1. The highest BCUT2D eigenvalue weighted by Crippen LogP contribution is 2.29. The molecule has 5 heteroatoms. The summed E-state index contributed by atoms with van der Waals surface area (Å²) >= 11 is 0. The van der Waals surface area contributed by atoms with Crippen LogP contribution in [0.2, 0.25) is 0 Å². The lowest BCUT2D eigenvalue weighted by Gasteiger charge is -2.06. The number of hydrogen-bond acceptors (Lipinski definition) is 3. The summed E-state index contributed by atoms with van der Waals surface area (Å²) in [4.78, 5) is 24.8. The number of aromatic nitrogens is 1. The van der Waals surface area contributed by atoms with E-state index in [1.54, 1.807) is 18.2 Å². The van der Waals surface area contributed by atoms with Gasteiger partial charge in [-0.3, -0.25) is 4.79 Å². The Labute approximate surface area is 96.0 Å². The first-order valence-corrected chi connectivity index (χ1v) is 4.84. The molecule has 0 aliphatic carbocycles. The molecule has 0 aliphatic rings. The number of carbonyl (C=O) groups is 1. The van der Waals surface area contributed by atoms with E-state index in [9.17, 15) is 14.7 Å². The predicted molar refractivity (Wildman–Crippen MR) is 61.1 cm³/mol. The fourth-order valence-electron chi connectivity index (χ4n) is 1.62. The molecular formula is C12H9NO4. The molecule has 1 aromatic carbocycles. The summed E-state index contributed by atoms with van der Waals surface area (Å²) in [6.45, 7) is 0. The normalized spacial score (nSPS) is 10.1. The van der Waals surface area contributed by atoms with Crippen molar-refractivity contribution in [3.63, 3.8) is 0 Å². The fourth-order valence-corrected chi connectivity index (χ4v) is 1.62. The van der Waals surface area contributed by atoms with E-state index in [1.807, 2.05) is 0 Å². The van der Waals surface area contributed by atoms with Crippen LogP contribution >= 0.6 is 0 Å². The lowest BCUT2D eigenvalue weighted by Crippen LogP contribution is -2.18. The number of phenols is 1. The van der Waals surface area contributed by atoms with E-state index < -0.39 is 11.5 Å². The van der Waals surface area contributed by atoms with Crippen molar-refractivity contribution < 1.29 is 15.0 Å². The van der Waals surface area contributed by atoms with Gasteiger partial charge in [0.1, 0.15) is 11.3 Å². The van der Waals surface area contributed by atoms with Crippen LogP contribution in [0.3, 0.4) is 0 Å². The minimum Gasteiger partial charge on any atom is -0.507 e. The minimum absolute atomic E-state index is 0.0689. The SMILES string of the molecule is O=C(O)c1c(-c2ccccc2O)cc[nH]c1=O. The van der Waals surface area contributed by atoms with Gasteiger partial charge in [-0.1, -0.05) is 18.2 Å². The highest BCUT2D eigenvalue weighted by molar-refractivity contribution is 5.96. The molecule has 0 aliphatic heterocycles. The predicted octanol–water partition coefficient (Wildman–Crippen LogP) is 1.45. The highest BCUT2D eigenvalue weighted by Gasteiger charge is 2.17. The number of pyridine rings is 1. The number of para-hydroxylation sites is 1. The van der Waals surface area contributed by atoms with Crippen molar-refractivity contribution in [3.8, 4) is 16.9 Å². The van der Waals surface area contributed by atoms with Crippen LogP contribution < -0.4 is 5.56 Å². The third-order valence-corrected chi connectivity index (χ3v) is 2.37. The number of carboxylic acid groups (broad SMARTS) is 1. The third-order valence-electron chi connectivity index (χ3n) is 2.37. The smallest absolute Gasteiger partial charge is 0.341 e. The maximum absolute atomic E-state index is 11.4. The number of phenolic OH excluding ortho intramolecular Hbond substituents is 1. The first kappa shape index (κ1) is 10.9. The van der Waals surface area contributed by atoms with Crippen molar-refractivity contribution >= 4 is 5.97 Å². The molecule has 1 aromatic heterocycles. The molecule has 2 rings (SSSR count). The second kappa shape index (κ2) is 4.13. The Morgan fingerprint density at radius 2 is 1.82 bits per heavy atom. The molecule has 0 saturated heterocycles. The number of H-pyrrole nitrogens is 1. The number of hydrogen-bond donors (Lipinski definition) is 3. The van der Waals surface area contributed by atoms with Crippen molar-refractivity contribution in [2.24, 2.45) is 0 Å². The first-order valence-electron chi connectivity index (χ1n) is 4.84. The monoisotopic (exact) mass is 231 g/mol. The summed E-state index contributed by atoms with van der Waals surface area (Å²) in [5.74, 6) is -1.40. The molecule has 0 bridgehead atoms. The summed E-state index contributed by atoms with van der Waals surface area (Å²) in [6.07, 6.45) is 1.34. The van der Waals surface area contributed by atoms with Gasteiger partial charge in [-0.2, -0.15) is 0 Å². The Bertz CT molecular complexity index is 630. The van der Waals surface area contributed by atoms with E-state index in [0.29, 0.717) is 5.56 Å². The summed E-state index contributed by atoms with van der Waals surface area (Å²) < 4.78 is 0. The van der Waals surface area contributed by atoms with Crippen LogP contribution in [0.5, 0.6) is 5.75 Å². The van der Waals surface area contributed by atoms with E-state index >= 15 is 0 Å². The van der Waals surface area contributed by atoms with Gasteiger partial charge >= 0.3 is 5.97 Å². The van der Waals surface area contributed by atoms with Gasteiger partial charge in [-0.25, -0.2) is 4.79 Å². The van der Waals surface area contributed by atoms with Crippen molar-refractivity contribution in [1.29, 1.82) is 0 Å². The van der Waals surface area contributed by atoms with Crippen LogP contribution in [0.1, 0.15) is 10.4 Å². The molecule has 0 unspecified atom stereocenters. The van der Waals surface area contributed by atoms with Crippen LogP contribution in [0.4, 0.5) is 0 Å². The van der Waals surface area contributed by atoms with Crippen molar-refractivity contribution in [2.45, 2.75) is 0 Å². The van der Waals surface area contributed by atoms with Crippen molar-refractivity contribution in [1.82, 2.24) is 4.98 Å². The Morgan fingerprint density at radius 3 is 2.47 bits per heavy atom. The molecule has 2 aromatic rings. The lowest BCUT2D eigenvalue weighted by atomic mass is 10.0.